The lowest BCUT2D eigenvalue weighted by molar-refractivity contribution is 0.131. The van der Waals surface area contributed by atoms with Crippen LogP contribution in [0.3, 0.4) is 0 Å². The first-order valence-corrected chi connectivity index (χ1v) is 4.19. The third-order valence-corrected chi connectivity index (χ3v) is 1.85. The van der Waals surface area contributed by atoms with Crippen LogP contribution in [0.5, 0.6) is 0 Å². The van der Waals surface area contributed by atoms with Crippen molar-refractivity contribution in [1.29, 1.82) is 0 Å². The second kappa shape index (κ2) is 3.22. The molecular weight excluding hydrogens is 138 g/mol. The Morgan fingerprint density at radius 3 is 2.55 bits per heavy atom. The van der Waals surface area contributed by atoms with Gasteiger partial charge in [0.2, 0.25) is 0 Å². The fourth-order valence-electron chi connectivity index (χ4n) is 1.36. The van der Waals surface area contributed by atoms with Crippen LogP contribution in [0.1, 0.15) is 27.7 Å². The molecule has 0 aromatic rings. The summed E-state index contributed by atoms with van der Waals surface area (Å²) in [4.78, 5) is 0. The van der Waals surface area contributed by atoms with Gasteiger partial charge in [0.1, 0.15) is 0 Å². The van der Waals surface area contributed by atoms with Gasteiger partial charge in [-0.05, 0) is 27.7 Å². The molecule has 1 unspecified atom stereocenters. The first-order chi connectivity index (χ1) is 5.11. The molecule has 3 nitrogen and oxygen atoms in total. The second-order valence-corrected chi connectivity index (χ2v) is 3.37. The number of hydrogen-bond donors (Lipinski definition) is 1. The minimum absolute atomic E-state index is 0.356. The molecule has 1 aliphatic heterocycles. The second-order valence-electron chi connectivity index (χ2n) is 3.37. The summed E-state index contributed by atoms with van der Waals surface area (Å²) in [7, 11) is 0. The Bertz CT molecular complexity index is 153. The summed E-state index contributed by atoms with van der Waals surface area (Å²) in [6, 6.07) is 0.876. The summed E-state index contributed by atoms with van der Waals surface area (Å²) in [5, 5.41) is 9.79. The summed E-state index contributed by atoms with van der Waals surface area (Å²) in [5.41, 5.74) is 0. The van der Waals surface area contributed by atoms with E-state index in [1.807, 2.05) is 6.21 Å². The summed E-state index contributed by atoms with van der Waals surface area (Å²) in [6.07, 6.45) is 2.30. The van der Waals surface area contributed by atoms with Crippen LogP contribution in [-0.2, 0) is 0 Å². The normalized spacial score (nSPS) is 31.5. The molecule has 1 N–H and O–H groups in total. The first kappa shape index (κ1) is 8.53. The van der Waals surface area contributed by atoms with Gasteiger partial charge in [0, 0.05) is 18.3 Å². The van der Waals surface area contributed by atoms with E-state index in [4.69, 9.17) is 0 Å². The van der Waals surface area contributed by atoms with Crippen molar-refractivity contribution < 1.29 is 0 Å². The van der Waals surface area contributed by atoms with E-state index in [1.165, 1.54) is 0 Å². The van der Waals surface area contributed by atoms with Gasteiger partial charge in [-0.2, -0.15) is 5.10 Å². The molecule has 0 aromatic carbocycles. The number of hydrazone groups is 1. The van der Waals surface area contributed by atoms with Gasteiger partial charge in [-0.3, -0.25) is 10.3 Å². The van der Waals surface area contributed by atoms with Crippen molar-refractivity contribution in [1.82, 2.24) is 10.3 Å². The van der Waals surface area contributed by atoms with Gasteiger partial charge in [0.05, 0.1) is 6.17 Å². The summed E-state index contributed by atoms with van der Waals surface area (Å²) in [6.45, 7) is 8.53. The Hall–Kier alpha value is -0.570. The van der Waals surface area contributed by atoms with Gasteiger partial charge < -0.3 is 0 Å². The van der Waals surface area contributed by atoms with E-state index in [9.17, 15) is 0 Å². The molecule has 1 aliphatic rings. The smallest absolute Gasteiger partial charge is 0.0943 e. The lowest BCUT2D eigenvalue weighted by Crippen LogP contribution is -2.51. The first-order valence-electron chi connectivity index (χ1n) is 4.19. The molecule has 0 aromatic heterocycles. The number of rotatable bonds is 1. The van der Waals surface area contributed by atoms with Gasteiger partial charge >= 0.3 is 0 Å². The van der Waals surface area contributed by atoms with Gasteiger partial charge in [-0.15, -0.1) is 0 Å². The van der Waals surface area contributed by atoms with Crippen LogP contribution >= 0.6 is 0 Å². The minimum atomic E-state index is 0.356. The third-order valence-electron chi connectivity index (χ3n) is 1.85. The fraction of sp³-hybridized carbons (Fsp3) is 0.875. The largest absolute Gasteiger partial charge is 0.289 e. The van der Waals surface area contributed by atoms with Crippen molar-refractivity contribution in [3.8, 4) is 0 Å². The predicted molar refractivity (Wildman–Crippen MR) is 47.5 cm³/mol. The van der Waals surface area contributed by atoms with Crippen molar-refractivity contribution in [2.75, 3.05) is 0 Å². The predicted octanol–water partition coefficient (Wildman–Crippen LogP) is 1.02. The Balaban J connectivity index is 2.61. The van der Waals surface area contributed by atoms with E-state index < -0.39 is 0 Å². The van der Waals surface area contributed by atoms with Gasteiger partial charge in [-0.25, -0.2) is 0 Å². The molecule has 0 spiro atoms. The molecular formula is C8H17N3. The van der Waals surface area contributed by atoms with Crippen LogP contribution in [0.15, 0.2) is 5.10 Å². The van der Waals surface area contributed by atoms with E-state index >= 15 is 0 Å². The molecule has 0 saturated carbocycles. The Kier molecular flexibility index (Phi) is 2.49. The lowest BCUT2D eigenvalue weighted by Gasteiger charge is -2.35. The average molecular weight is 155 g/mol. The zero-order valence-corrected chi connectivity index (χ0v) is 7.70. The van der Waals surface area contributed by atoms with Crippen molar-refractivity contribution in [2.24, 2.45) is 5.10 Å². The summed E-state index contributed by atoms with van der Waals surface area (Å²) in [5.74, 6) is 0. The Morgan fingerprint density at radius 2 is 2.09 bits per heavy atom. The zero-order valence-electron chi connectivity index (χ0n) is 7.70. The van der Waals surface area contributed by atoms with Crippen LogP contribution in [0.2, 0.25) is 0 Å². The quantitative estimate of drug-likeness (QED) is 0.612. The van der Waals surface area contributed by atoms with E-state index in [2.05, 4.69) is 43.1 Å². The molecule has 64 valence electrons. The number of hydrogen-bond acceptors (Lipinski definition) is 3. The molecule has 0 amide bonds. The van der Waals surface area contributed by atoms with Crippen molar-refractivity contribution in [3.05, 3.63) is 0 Å². The van der Waals surface area contributed by atoms with E-state index in [0.717, 1.165) is 0 Å². The molecule has 2 atom stereocenters. The van der Waals surface area contributed by atoms with Crippen molar-refractivity contribution in [2.45, 2.75) is 45.9 Å². The molecule has 0 saturated heterocycles. The minimum Gasteiger partial charge on any atom is -0.289 e. The highest BCUT2D eigenvalue weighted by molar-refractivity contribution is 5.64. The van der Waals surface area contributed by atoms with Crippen LogP contribution in [0.25, 0.3) is 0 Å². The highest BCUT2D eigenvalue weighted by Gasteiger charge is 2.19. The van der Waals surface area contributed by atoms with Gasteiger partial charge in [0.25, 0.3) is 0 Å². The van der Waals surface area contributed by atoms with E-state index in [0.29, 0.717) is 18.2 Å². The molecule has 0 aliphatic carbocycles. The lowest BCUT2D eigenvalue weighted by atomic mass is 10.3. The summed E-state index contributed by atoms with van der Waals surface area (Å²) < 4.78 is 0. The Morgan fingerprint density at radius 1 is 1.45 bits per heavy atom. The number of nitrogens with zero attached hydrogens (tertiary/aromatic N) is 2. The molecule has 1 rings (SSSR count). The monoisotopic (exact) mass is 155 g/mol. The number of nitrogens with one attached hydrogen (secondary N) is 1. The maximum atomic E-state index is 4.34. The molecule has 0 radical (unpaired) electrons. The van der Waals surface area contributed by atoms with Crippen LogP contribution in [-0.4, -0.2) is 29.5 Å². The maximum absolute atomic E-state index is 4.34. The highest BCUT2D eigenvalue weighted by Crippen LogP contribution is 2.07. The van der Waals surface area contributed by atoms with Crippen LogP contribution in [0.4, 0.5) is 0 Å². The van der Waals surface area contributed by atoms with Crippen molar-refractivity contribution >= 4 is 6.21 Å². The zero-order chi connectivity index (χ0) is 8.43. The molecule has 0 bridgehead atoms. The Labute approximate surface area is 68.5 Å². The van der Waals surface area contributed by atoms with Crippen LogP contribution < -0.4 is 5.32 Å². The standard InChI is InChI=1S/C8H17N3/c1-6(2)11-8(4)10-7(3)5-9-11/h5-8,10H,1-4H3/t7-,8?/m0/s1. The van der Waals surface area contributed by atoms with E-state index in [-0.39, 0.29) is 0 Å². The molecule has 3 heteroatoms. The molecule has 1 heterocycles. The van der Waals surface area contributed by atoms with Gasteiger partial charge in [-0.1, -0.05) is 0 Å². The van der Waals surface area contributed by atoms with Gasteiger partial charge in [0.15, 0.2) is 0 Å². The fourth-order valence-corrected chi connectivity index (χ4v) is 1.36. The molecule has 0 fully saturated rings. The highest BCUT2D eigenvalue weighted by atomic mass is 15.5. The summed E-state index contributed by atoms with van der Waals surface area (Å²) >= 11 is 0. The average Bonchev–Trinajstić information content (AvgIpc) is 1.85. The van der Waals surface area contributed by atoms with E-state index in [1.54, 1.807) is 0 Å². The van der Waals surface area contributed by atoms with Crippen LogP contribution in [0, 0.1) is 0 Å². The maximum Gasteiger partial charge on any atom is 0.0943 e. The SMILES string of the molecule is CC(C)N1N=C[C@H](C)NC1C. The topological polar surface area (TPSA) is 27.6 Å². The van der Waals surface area contributed by atoms with Crippen molar-refractivity contribution in [3.63, 3.8) is 0 Å². The molecule has 11 heavy (non-hydrogen) atoms. The third kappa shape index (κ3) is 1.93.